The zero-order valence-corrected chi connectivity index (χ0v) is 17.7. The molecule has 8 heteroatoms. The molecular weight excluding hydrogens is 412 g/mol. The van der Waals surface area contributed by atoms with Crippen LogP contribution in [-0.4, -0.2) is 42.7 Å². The summed E-state index contributed by atoms with van der Waals surface area (Å²) >= 11 is 7.35. The summed E-state index contributed by atoms with van der Waals surface area (Å²) in [4.78, 5) is 30.9. The maximum Gasteiger partial charge on any atom is 0.337 e. The number of hydrogen-bond donors (Lipinski definition) is 0. The van der Waals surface area contributed by atoms with Crippen LogP contribution in [0, 0.1) is 0 Å². The summed E-state index contributed by atoms with van der Waals surface area (Å²) in [5.74, 6) is 0.0254. The molecule has 29 heavy (non-hydrogen) atoms. The van der Waals surface area contributed by atoms with Gasteiger partial charge in [0.2, 0.25) is 0 Å². The smallest absolute Gasteiger partial charge is 0.337 e. The van der Waals surface area contributed by atoms with E-state index in [-0.39, 0.29) is 5.91 Å². The largest absolute Gasteiger partial charge is 0.493 e. The highest BCUT2D eigenvalue weighted by Crippen LogP contribution is 2.35. The molecule has 1 aliphatic heterocycles. The average molecular weight is 431 g/mol. The molecule has 2 aromatic carbocycles. The Morgan fingerprint density at radius 2 is 2.07 bits per heavy atom. The Bertz CT molecular complexity index is 1020. The summed E-state index contributed by atoms with van der Waals surface area (Å²) in [6, 6.07) is 12.0. The number of aliphatic imine (C=N–C) groups is 1. The Labute approximate surface area is 178 Å². The van der Waals surface area contributed by atoms with Crippen LogP contribution in [0.4, 0.5) is 5.69 Å². The van der Waals surface area contributed by atoms with Crippen LogP contribution in [0.2, 0.25) is 5.02 Å². The van der Waals surface area contributed by atoms with Gasteiger partial charge in [-0.25, -0.2) is 9.79 Å². The predicted molar refractivity (Wildman–Crippen MR) is 116 cm³/mol. The molecule has 0 saturated carbocycles. The third-order valence-electron chi connectivity index (χ3n) is 4.05. The highest BCUT2D eigenvalue weighted by Gasteiger charge is 2.30. The number of rotatable bonds is 5. The zero-order valence-electron chi connectivity index (χ0n) is 16.1. The molecule has 1 heterocycles. The van der Waals surface area contributed by atoms with E-state index in [0.29, 0.717) is 38.7 Å². The maximum atomic E-state index is 12.7. The van der Waals surface area contributed by atoms with Crippen LogP contribution in [0.5, 0.6) is 5.75 Å². The van der Waals surface area contributed by atoms with Gasteiger partial charge in [0.15, 0.2) is 5.17 Å². The summed E-state index contributed by atoms with van der Waals surface area (Å²) in [6.07, 6.45) is 1.74. The van der Waals surface area contributed by atoms with Gasteiger partial charge in [0.25, 0.3) is 5.91 Å². The first-order valence-electron chi connectivity index (χ1n) is 8.80. The Balaban J connectivity index is 1.92. The number of halogens is 1. The summed E-state index contributed by atoms with van der Waals surface area (Å²) in [7, 11) is 2.98. The zero-order chi connectivity index (χ0) is 21.0. The van der Waals surface area contributed by atoms with E-state index in [4.69, 9.17) is 21.1 Å². The third-order valence-corrected chi connectivity index (χ3v) is 5.35. The van der Waals surface area contributed by atoms with E-state index in [1.807, 2.05) is 6.92 Å². The monoisotopic (exact) mass is 430 g/mol. The highest BCUT2D eigenvalue weighted by molar-refractivity contribution is 8.18. The molecule has 0 unspecified atom stereocenters. The van der Waals surface area contributed by atoms with Crippen LogP contribution in [0.1, 0.15) is 22.8 Å². The van der Waals surface area contributed by atoms with Crippen LogP contribution >= 0.6 is 23.4 Å². The second-order valence-electron chi connectivity index (χ2n) is 6.03. The Hall–Kier alpha value is -2.77. The van der Waals surface area contributed by atoms with Gasteiger partial charge in [-0.1, -0.05) is 17.7 Å². The van der Waals surface area contributed by atoms with Gasteiger partial charge in [-0.15, -0.1) is 0 Å². The topological polar surface area (TPSA) is 68.2 Å². The molecule has 150 valence electrons. The fourth-order valence-electron chi connectivity index (χ4n) is 2.64. The molecule has 2 aromatic rings. The van der Waals surface area contributed by atoms with Crippen molar-refractivity contribution in [1.29, 1.82) is 0 Å². The fraction of sp³-hybridized carbons (Fsp3) is 0.190. The van der Waals surface area contributed by atoms with Crippen LogP contribution in [0.25, 0.3) is 6.08 Å². The van der Waals surface area contributed by atoms with E-state index >= 15 is 0 Å². The van der Waals surface area contributed by atoms with Gasteiger partial charge in [-0.05, 0) is 61.2 Å². The van der Waals surface area contributed by atoms with E-state index in [1.165, 1.54) is 23.8 Å². The van der Waals surface area contributed by atoms with Gasteiger partial charge in [0.1, 0.15) is 5.75 Å². The molecule has 0 bridgehead atoms. The first-order chi connectivity index (χ1) is 13.9. The number of methoxy groups -OCH3 is 1. The molecule has 0 atom stereocenters. The molecule has 1 amide bonds. The van der Waals surface area contributed by atoms with Crippen molar-refractivity contribution in [3.8, 4) is 5.75 Å². The molecule has 0 aliphatic carbocycles. The first kappa shape index (κ1) is 21.0. The lowest BCUT2D eigenvalue weighted by Gasteiger charge is -2.08. The van der Waals surface area contributed by atoms with E-state index < -0.39 is 5.97 Å². The fourth-order valence-corrected chi connectivity index (χ4v) is 3.80. The van der Waals surface area contributed by atoms with Crippen molar-refractivity contribution in [2.75, 3.05) is 20.8 Å². The summed E-state index contributed by atoms with van der Waals surface area (Å²) in [5, 5.41) is 1.06. The maximum absolute atomic E-state index is 12.7. The summed E-state index contributed by atoms with van der Waals surface area (Å²) in [6.45, 7) is 2.39. The SMILES string of the molecule is CCOc1ccc(Cl)cc1C=C1SC(=Nc2cccc(C(=O)OC)c2)N(C)C1=O. The van der Waals surface area contributed by atoms with Crippen molar-refractivity contribution in [1.82, 2.24) is 4.90 Å². The normalized spacial score (nSPS) is 16.6. The minimum absolute atomic E-state index is 0.180. The van der Waals surface area contributed by atoms with Crippen molar-refractivity contribution in [2.45, 2.75) is 6.92 Å². The van der Waals surface area contributed by atoms with Gasteiger partial charge in [-0.2, -0.15) is 0 Å². The van der Waals surface area contributed by atoms with Crippen molar-refractivity contribution in [3.05, 3.63) is 63.5 Å². The molecule has 3 rings (SSSR count). The van der Waals surface area contributed by atoms with Crippen LogP contribution in [-0.2, 0) is 9.53 Å². The number of benzene rings is 2. The number of ether oxygens (including phenoxy) is 2. The minimum atomic E-state index is -0.444. The highest BCUT2D eigenvalue weighted by atomic mass is 35.5. The summed E-state index contributed by atoms with van der Waals surface area (Å²) < 4.78 is 10.4. The average Bonchev–Trinajstić information content (AvgIpc) is 2.97. The third kappa shape index (κ3) is 4.81. The minimum Gasteiger partial charge on any atom is -0.493 e. The standard InChI is InChI=1S/C21H19ClN2O4S/c1-4-28-17-9-8-15(22)10-14(17)12-18-19(25)24(2)21(29-18)23-16-7-5-6-13(11-16)20(26)27-3/h5-12H,4H2,1-3H3. The van der Waals surface area contributed by atoms with E-state index in [2.05, 4.69) is 4.99 Å². The molecular formula is C21H19ClN2O4S. The molecule has 1 aliphatic rings. The number of carbonyl (C=O) groups is 2. The van der Waals surface area contributed by atoms with Crippen LogP contribution < -0.4 is 4.74 Å². The van der Waals surface area contributed by atoms with Crippen molar-refractivity contribution >= 4 is 52.2 Å². The number of likely N-dealkylation sites (N-methyl/N-ethyl adjacent to an activating group) is 1. The number of thioether (sulfide) groups is 1. The Morgan fingerprint density at radius 3 is 2.79 bits per heavy atom. The molecule has 1 saturated heterocycles. The van der Waals surface area contributed by atoms with Gasteiger partial charge in [0, 0.05) is 17.6 Å². The van der Waals surface area contributed by atoms with Gasteiger partial charge in [0.05, 0.1) is 29.9 Å². The number of amidine groups is 1. The van der Waals surface area contributed by atoms with Crippen molar-refractivity contribution in [3.63, 3.8) is 0 Å². The first-order valence-corrected chi connectivity index (χ1v) is 9.99. The summed E-state index contributed by atoms with van der Waals surface area (Å²) in [5.41, 5.74) is 1.66. The molecule has 1 fully saturated rings. The Morgan fingerprint density at radius 1 is 1.28 bits per heavy atom. The number of nitrogens with zero attached hydrogens (tertiary/aromatic N) is 2. The van der Waals surface area contributed by atoms with Gasteiger partial charge >= 0.3 is 5.97 Å². The lowest BCUT2D eigenvalue weighted by atomic mass is 10.2. The molecule has 6 nitrogen and oxygen atoms in total. The van der Waals surface area contributed by atoms with E-state index in [9.17, 15) is 9.59 Å². The van der Waals surface area contributed by atoms with E-state index in [1.54, 1.807) is 55.6 Å². The number of esters is 1. The molecule has 0 N–H and O–H groups in total. The van der Waals surface area contributed by atoms with Gasteiger partial charge in [-0.3, -0.25) is 9.69 Å². The lowest BCUT2D eigenvalue weighted by molar-refractivity contribution is -0.121. The number of hydrogen-bond acceptors (Lipinski definition) is 6. The second kappa shape index (κ2) is 9.15. The molecule has 0 spiro atoms. The second-order valence-corrected chi connectivity index (χ2v) is 7.47. The molecule has 0 aromatic heterocycles. The van der Waals surface area contributed by atoms with Crippen molar-refractivity contribution < 1.29 is 19.1 Å². The van der Waals surface area contributed by atoms with Crippen LogP contribution in [0.3, 0.4) is 0 Å². The number of carbonyl (C=O) groups excluding carboxylic acids is 2. The molecule has 0 radical (unpaired) electrons. The predicted octanol–water partition coefficient (Wildman–Crippen LogP) is 4.76. The quantitative estimate of drug-likeness (QED) is 0.505. The number of amides is 1. The van der Waals surface area contributed by atoms with Crippen LogP contribution in [0.15, 0.2) is 52.4 Å². The van der Waals surface area contributed by atoms with E-state index in [0.717, 1.165) is 5.56 Å². The lowest BCUT2D eigenvalue weighted by Crippen LogP contribution is -2.23. The van der Waals surface area contributed by atoms with Crippen molar-refractivity contribution in [2.24, 2.45) is 4.99 Å². The van der Waals surface area contributed by atoms with Gasteiger partial charge < -0.3 is 9.47 Å². The Kier molecular flexibility index (Phi) is 6.61.